The van der Waals surface area contributed by atoms with E-state index in [-0.39, 0.29) is 6.61 Å². The molecular formula is C12H15BrO3. The molecule has 88 valence electrons. The molecule has 2 rings (SSSR count). The van der Waals surface area contributed by atoms with Crippen LogP contribution in [0.3, 0.4) is 0 Å². The molecule has 0 fully saturated rings. The fraction of sp³-hybridized carbons (Fsp3) is 0.500. The second-order valence-corrected chi connectivity index (χ2v) is 4.63. The Balaban J connectivity index is 2.37. The highest BCUT2D eigenvalue weighted by molar-refractivity contribution is 9.10. The van der Waals surface area contributed by atoms with E-state index >= 15 is 0 Å². The summed E-state index contributed by atoms with van der Waals surface area (Å²) in [5.74, 6) is 1.60. The molecule has 1 aromatic carbocycles. The fourth-order valence-electron chi connectivity index (χ4n) is 1.87. The van der Waals surface area contributed by atoms with Crippen molar-refractivity contribution in [2.24, 2.45) is 0 Å². The highest BCUT2D eigenvalue weighted by Gasteiger charge is 2.19. The summed E-state index contributed by atoms with van der Waals surface area (Å²) in [6.07, 6.45) is 1.61. The lowest BCUT2D eigenvalue weighted by Gasteiger charge is -2.22. The lowest BCUT2D eigenvalue weighted by molar-refractivity contribution is 0.170. The minimum atomic E-state index is 0.209. The van der Waals surface area contributed by atoms with Gasteiger partial charge in [0.05, 0.1) is 4.47 Å². The number of benzene rings is 1. The molecule has 0 aromatic heterocycles. The first-order valence-electron chi connectivity index (χ1n) is 5.42. The molecule has 1 aliphatic rings. The number of rotatable bonds is 3. The van der Waals surface area contributed by atoms with Crippen molar-refractivity contribution in [3.05, 3.63) is 21.7 Å². The second-order valence-electron chi connectivity index (χ2n) is 3.84. The summed E-state index contributed by atoms with van der Waals surface area (Å²) < 4.78 is 12.1. The van der Waals surface area contributed by atoms with Gasteiger partial charge in [-0.05, 0) is 52.9 Å². The Morgan fingerprint density at radius 1 is 1.38 bits per heavy atom. The van der Waals surface area contributed by atoms with Crippen molar-refractivity contribution in [3.63, 3.8) is 0 Å². The zero-order valence-electron chi connectivity index (χ0n) is 9.25. The van der Waals surface area contributed by atoms with Crippen LogP contribution in [0.4, 0.5) is 0 Å². The number of hydrogen-bond acceptors (Lipinski definition) is 3. The maximum absolute atomic E-state index is 8.88. The van der Waals surface area contributed by atoms with E-state index in [2.05, 4.69) is 22.9 Å². The lowest BCUT2D eigenvalue weighted by atomic mass is 10.0. The Morgan fingerprint density at radius 3 is 2.88 bits per heavy atom. The molecule has 0 atom stereocenters. The number of ether oxygens (including phenoxy) is 2. The van der Waals surface area contributed by atoms with Gasteiger partial charge >= 0.3 is 0 Å². The summed E-state index contributed by atoms with van der Waals surface area (Å²) in [6.45, 7) is 3.46. The highest BCUT2D eigenvalue weighted by Crippen LogP contribution is 2.41. The minimum Gasteiger partial charge on any atom is -0.486 e. The van der Waals surface area contributed by atoms with Gasteiger partial charge in [-0.15, -0.1) is 0 Å². The van der Waals surface area contributed by atoms with Crippen molar-refractivity contribution >= 4 is 15.9 Å². The molecule has 1 aliphatic heterocycles. The molecule has 0 amide bonds. The maximum Gasteiger partial charge on any atom is 0.175 e. The number of aliphatic hydroxyl groups excluding tert-OH is 1. The third-order valence-corrected chi connectivity index (χ3v) is 3.52. The van der Waals surface area contributed by atoms with Crippen molar-refractivity contribution in [2.75, 3.05) is 19.8 Å². The third kappa shape index (κ3) is 2.18. The van der Waals surface area contributed by atoms with Gasteiger partial charge in [0.15, 0.2) is 11.5 Å². The molecule has 3 nitrogen and oxygen atoms in total. The maximum atomic E-state index is 8.88. The molecule has 0 unspecified atom stereocenters. The first kappa shape index (κ1) is 11.7. The monoisotopic (exact) mass is 286 g/mol. The summed E-state index contributed by atoms with van der Waals surface area (Å²) in [7, 11) is 0. The molecule has 0 saturated carbocycles. The van der Waals surface area contributed by atoms with Crippen LogP contribution >= 0.6 is 15.9 Å². The number of halogens is 1. The van der Waals surface area contributed by atoms with Crippen molar-refractivity contribution in [1.29, 1.82) is 0 Å². The first-order chi connectivity index (χ1) is 7.74. The van der Waals surface area contributed by atoms with Gasteiger partial charge in [0.2, 0.25) is 0 Å². The quantitative estimate of drug-likeness (QED) is 0.928. The predicted molar refractivity (Wildman–Crippen MR) is 65.3 cm³/mol. The van der Waals surface area contributed by atoms with Gasteiger partial charge in [0.25, 0.3) is 0 Å². The van der Waals surface area contributed by atoms with Crippen LogP contribution in [0.5, 0.6) is 11.5 Å². The molecule has 1 aromatic rings. The smallest absolute Gasteiger partial charge is 0.175 e. The van der Waals surface area contributed by atoms with E-state index in [0.29, 0.717) is 13.2 Å². The number of fused-ring (bicyclic) bond motifs is 1. The van der Waals surface area contributed by atoms with Gasteiger partial charge in [0.1, 0.15) is 13.2 Å². The molecule has 0 spiro atoms. The minimum absolute atomic E-state index is 0.209. The summed E-state index contributed by atoms with van der Waals surface area (Å²) in [5, 5.41) is 8.88. The van der Waals surface area contributed by atoms with Crippen LogP contribution in [0.1, 0.15) is 17.5 Å². The Bertz CT molecular complexity index is 390. The summed E-state index contributed by atoms with van der Waals surface area (Å²) in [4.78, 5) is 0. The zero-order valence-corrected chi connectivity index (χ0v) is 10.8. The molecule has 0 radical (unpaired) electrons. The third-order valence-electron chi connectivity index (χ3n) is 2.68. The number of aliphatic hydroxyl groups is 1. The van der Waals surface area contributed by atoms with Gasteiger partial charge < -0.3 is 14.6 Å². The molecule has 1 N–H and O–H groups in total. The molecule has 0 bridgehead atoms. The molecule has 0 saturated heterocycles. The largest absolute Gasteiger partial charge is 0.486 e. The van der Waals surface area contributed by atoms with Crippen LogP contribution in [0.2, 0.25) is 0 Å². The van der Waals surface area contributed by atoms with E-state index in [1.54, 1.807) is 0 Å². The van der Waals surface area contributed by atoms with Crippen LogP contribution < -0.4 is 9.47 Å². The van der Waals surface area contributed by atoms with Crippen molar-refractivity contribution in [3.8, 4) is 11.5 Å². The van der Waals surface area contributed by atoms with Gasteiger partial charge in [-0.1, -0.05) is 0 Å². The fourth-order valence-corrected chi connectivity index (χ4v) is 2.69. The van der Waals surface area contributed by atoms with Gasteiger partial charge in [-0.25, -0.2) is 0 Å². The standard InChI is InChI=1S/C12H15BrO3/c1-8-7-10-12(16-6-5-15-10)11(13)9(8)3-2-4-14/h7,14H,2-6H2,1H3. The molecule has 16 heavy (non-hydrogen) atoms. The molecular weight excluding hydrogens is 272 g/mol. The topological polar surface area (TPSA) is 38.7 Å². The predicted octanol–water partition coefficient (Wildman–Crippen LogP) is 2.45. The van der Waals surface area contributed by atoms with Crippen LogP contribution in [-0.4, -0.2) is 24.9 Å². The van der Waals surface area contributed by atoms with Crippen molar-refractivity contribution in [1.82, 2.24) is 0 Å². The van der Waals surface area contributed by atoms with Gasteiger partial charge in [-0.2, -0.15) is 0 Å². The normalized spacial score (nSPS) is 13.9. The Kier molecular flexibility index (Phi) is 3.71. The summed E-state index contributed by atoms with van der Waals surface area (Å²) in [5.41, 5.74) is 2.36. The number of aryl methyl sites for hydroxylation is 1. The van der Waals surface area contributed by atoms with Gasteiger partial charge in [-0.3, -0.25) is 0 Å². The van der Waals surface area contributed by atoms with Crippen molar-refractivity contribution < 1.29 is 14.6 Å². The SMILES string of the molecule is Cc1cc2c(c(Br)c1CCCO)OCCO2. The van der Waals surface area contributed by atoms with Crippen molar-refractivity contribution in [2.45, 2.75) is 19.8 Å². The Hall–Kier alpha value is -0.740. The van der Waals surface area contributed by atoms with Crippen LogP contribution in [0.25, 0.3) is 0 Å². The average Bonchev–Trinajstić information content (AvgIpc) is 2.29. The zero-order chi connectivity index (χ0) is 11.5. The lowest BCUT2D eigenvalue weighted by Crippen LogP contribution is -2.16. The van der Waals surface area contributed by atoms with E-state index in [0.717, 1.165) is 28.8 Å². The Labute approximate surface area is 104 Å². The van der Waals surface area contributed by atoms with Crippen LogP contribution in [0, 0.1) is 6.92 Å². The van der Waals surface area contributed by atoms with Crippen LogP contribution in [0.15, 0.2) is 10.5 Å². The molecule has 1 heterocycles. The molecule has 0 aliphatic carbocycles. The number of hydrogen-bond donors (Lipinski definition) is 1. The van der Waals surface area contributed by atoms with E-state index in [9.17, 15) is 0 Å². The van der Waals surface area contributed by atoms with Crippen LogP contribution in [-0.2, 0) is 6.42 Å². The first-order valence-corrected chi connectivity index (χ1v) is 6.21. The van der Waals surface area contributed by atoms with E-state index < -0.39 is 0 Å². The summed E-state index contributed by atoms with van der Waals surface area (Å²) >= 11 is 3.56. The average molecular weight is 287 g/mol. The van der Waals surface area contributed by atoms with E-state index in [4.69, 9.17) is 14.6 Å². The highest BCUT2D eigenvalue weighted by atomic mass is 79.9. The Morgan fingerprint density at radius 2 is 2.12 bits per heavy atom. The summed E-state index contributed by atoms with van der Waals surface area (Å²) in [6, 6.07) is 2.01. The van der Waals surface area contributed by atoms with Gasteiger partial charge in [0, 0.05) is 6.61 Å². The van der Waals surface area contributed by atoms with E-state index in [1.807, 2.05) is 6.07 Å². The van der Waals surface area contributed by atoms with E-state index in [1.165, 1.54) is 11.1 Å². The molecule has 4 heteroatoms. The second kappa shape index (κ2) is 5.06.